The molecule has 0 N–H and O–H groups in total. The van der Waals surface area contributed by atoms with Gasteiger partial charge in [-0.15, -0.1) is 0 Å². The van der Waals surface area contributed by atoms with Gasteiger partial charge in [0, 0.05) is 18.0 Å². The number of hydrogen-bond acceptors (Lipinski definition) is 3. The Morgan fingerprint density at radius 1 is 1.07 bits per heavy atom. The monoisotopic (exact) mass is 215 g/mol. The molecule has 0 spiro atoms. The maximum absolute atomic E-state index is 8.59. The van der Waals surface area contributed by atoms with Crippen LogP contribution in [0.5, 0.6) is 0 Å². The molecule has 0 fully saturated rings. The van der Waals surface area contributed by atoms with Crippen molar-refractivity contribution in [1.82, 2.24) is 9.97 Å². The van der Waals surface area contributed by atoms with Crippen molar-refractivity contribution >= 4 is 11.6 Å². The van der Waals surface area contributed by atoms with Gasteiger partial charge in [0.05, 0.1) is 10.7 Å². The molecule has 0 amide bonds. The van der Waals surface area contributed by atoms with Gasteiger partial charge in [0.2, 0.25) is 0 Å². The zero-order valence-electron chi connectivity index (χ0n) is 7.68. The van der Waals surface area contributed by atoms with Crippen molar-refractivity contribution < 1.29 is 0 Å². The standard InChI is InChI=1S/C11H6ClN3/c12-9-2-4-11(15-7-9)8-1-3-10(5-13)14-6-8/h1-4,6-7H. The number of nitriles is 1. The molecule has 0 aliphatic rings. The molecule has 2 rings (SSSR count). The molecule has 0 bridgehead atoms. The number of halogens is 1. The van der Waals surface area contributed by atoms with Crippen molar-refractivity contribution in [3.8, 4) is 17.3 Å². The van der Waals surface area contributed by atoms with E-state index in [9.17, 15) is 0 Å². The van der Waals surface area contributed by atoms with Crippen LogP contribution in [0.25, 0.3) is 11.3 Å². The first-order valence-electron chi connectivity index (χ1n) is 4.27. The minimum Gasteiger partial charge on any atom is -0.255 e. The van der Waals surface area contributed by atoms with Crippen LogP contribution in [0.1, 0.15) is 5.69 Å². The summed E-state index contributed by atoms with van der Waals surface area (Å²) >= 11 is 5.73. The number of nitrogens with zero attached hydrogens (tertiary/aromatic N) is 3. The van der Waals surface area contributed by atoms with Gasteiger partial charge < -0.3 is 0 Å². The van der Waals surface area contributed by atoms with Gasteiger partial charge in [-0.3, -0.25) is 4.98 Å². The second-order valence-electron chi connectivity index (χ2n) is 2.91. The van der Waals surface area contributed by atoms with Crippen LogP contribution in [-0.4, -0.2) is 9.97 Å². The minimum absolute atomic E-state index is 0.396. The summed E-state index contributed by atoms with van der Waals surface area (Å²) in [5, 5.41) is 9.19. The SMILES string of the molecule is N#Cc1ccc(-c2ccc(Cl)cn2)cn1. The van der Waals surface area contributed by atoms with Gasteiger partial charge in [-0.1, -0.05) is 11.6 Å². The Hall–Kier alpha value is -1.92. The highest BCUT2D eigenvalue weighted by Gasteiger charge is 1.99. The van der Waals surface area contributed by atoms with Crippen LogP contribution in [0.3, 0.4) is 0 Å². The lowest BCUT2D eigenvalue weighted by Gasteiger charge is -1.99. The van der Waals surface area contributed by atoms with Crippen LogP contribution in [0, 0.1) is 11.3 Å². The van der Waals surface area contributed by atoms with Gasteiger partial charge in [0.25, 0.3) is 0 Å². The topological polar surface area (TPSA) is 49.6 Å². The van der Waals surface area contributed by atoms with Crippen LogP contribution in [0.4, 0.5) is 0 Å². The van der Waals surface area contributed by atoms with E-state index in [0.29, 0.717) is 10.7 Å². The highest BCUT2D eigenvalue weighted by Crippen LogP contribution is 2.17. The van der Waals surface area contributed by atoms with Gasteiger partial charge in [-0.25, -0.2) is 4.98 Å². The maximum atomic E-state index is 8.59. The summed E-state index contributed by atoms with van der Waals surface area (Å²) in [4.78, 5) is 8.11. The fraction of sp³-hybridized carbons (Fsp3) is 0. The zero-order valence-corrected chi connectivity index (χ0v) is 8.44. The van der Waals surface area contributed by atoms with Gasteiger partial charge in [0.15, 0.2) is 0 Å². The molecule has 2 aromatic rings. The Bertz CT molecular complexity index is 497. The van der Waals surface area contributed by atoms with Crippen molar-refractivity contribution in [3.05, 3.63) is 47.4 Å². The van der Waals surface area contributed by atoms with E-state index in [1.54, 1.807) is 24.5 Å². The summed E-state index contributed by atoms with van der Waals surface area (Å²) in [5.74, 6) is 0. The van der Waals surface area contributed by atoms with Gasteiger partial charge >= 0.3 is 0 Å². The Kier molecular flexibility index (Phi) is 2.61. The van der Waals surface area contributed by atoms with E-state index >= 15 is 0 Å². The summed E-state index contributed by atoms with van der Waals surface area (Å²) in [6.45, 7) is 0. The third-order valence-electron chi connectivity index (χ3n) is 1.90. The molecule has 72 valence electrons. The van der Waals surface area contributed by atoms with E-state index in [0.717, 1.165) is 11.3 Å². The first kappa shape index (κ1) is 9.63. The zero-order chi connectivity index (χ0) is 10.7. The van der Waals surface area contributed by atoms with E-state index in [1.165, 1.54) is 0 Å². The second kappa shape index (κ2) is 4.07. The first-order chi connectivity index (χ1) is 7.29. The molecule has 3 nitrogen and oxygen atoms in total. The lowest BCUT2D eigenvalue weighted by Crippen LogP contribution is -1.86. The molecule has 0 saturated heterocycles. The number of aromatic nitrogens is 2. The molecule has 0 radical (unpaired) electrons. The van der Waals surface area contributed by atoms with E-state index in [1.807, 2.05) is 18.2 Å². The maximum Gasteiger partial charge on any atom is 0.140 e. The number of hydrogen-bond donors (Lipinski definition) is 0. The van der Waals surface area contributed by atoms with Crippen LogP contribution in [0.15, 0.2) is 36.7 Å². The van der Waals surface area contributed by atoms with Crippen molar-refractivity contribution in [3.63, 3.8) is 0 Å². The molecule has 15 heavy (non-hydrogen) atoms. The minimum atomic E-state index is 0.396. The molecule has 0 unspecified atom stereocenters. The quantitative estimate of drug-likeness (QED) is 0.735. The molecule has 0 saturated carbocycles. The summed E-state index contributed by atoms with van der Waals surface area (Å²) in [7, 11) is 0. The molecular weight excluding hydrogens is 210 g/mol. The van der Waals surface area contributed by atoms with E-state index < -0.39 is 0 Å². The average Bonchev–Trinajstić information content (AvgIpc) is 2.30. The molecule has 4 heteroatoms. The van der Waals surface area contributed by atoms with Gasteiger partial charge in [-0.2, -0.15) is 5.26 Å². The lowest BCUT2D eigenvalue weighted by atomic mass is 10.2. The Labute approximate surface area is 92.0 Å². The van der Waals surface area contributed by atoms with Crippen LogP contribution in [-0.2, 0) is 0 Å². The molecule has 0 atom stereocenters. The lowest BCUT2D eigenvalue weighted by molar-refractivity contribution is 1.24. The second-order valence-corrected chi connectivity index (χ2v) is 3.34. The first-order valence-corrected chi connectivity index (χ1v) is 4.65. The van der Waals surface area contributed by atoms with Crippen molar-refractivity contribution in [2.75, 3.05) is 0 Å². The molecule has 0 aliphatic carbocycles. The Morgan fingerprint density at radius 3 is 2.47 bits per heavy atom. The fourth-order valence-corrected chi connectivity index (χ4v) is 1.27. The molecule has 2 aromatic heterocycles. The molecular formula is C11H6ClN3. The van der Waals surface area contributed by atoms with Gasteiger partial charge in [-0.05, 0) is 24.3 Å². The number of pyridine rings is 2. The third-order valence-corrected chi connectivity index (χ3v) is 2.12. The average molecular weight is 216 g/mol. The Balaban J connectivity index is 2.38. The van der Waals surface area contributed by atoms with E-state index in [2.05, 4.69) is 9.97 Å². The molecule has 0 aromatic carbocycles. The van der Waals surface area contributed by atoms with E-state index in [-0.39, 0.29) is 0 Å². The Morgan fingerprint density at radius 2 is 1.93 bits per heavy atom. The molecule has 2 heterocycles. The largest absolute Gasteiger partial charge is 0.255 e. The van der Waals surface area contributed by atoms with Crippen molar-refractivity contribution in [2.24, 2.45) is 0 Å². The number of rotatable bonds is 1. The predicted molar refractivity (Wildman–Crippen MR) is 57.2 cm³/mol. The smallest absolute Gasteiger partial charge is 0.140 e. The van der Waals surface area contributed by atoms with Gasteiger partial charge in [0.1, 0.15) is 11.8 Å². The summed E-state index contributed by atoms with van der Waals surface area (Å²) in [6, 6.07) is 9.00. The highest BCUT2D eigenvalue weighted by atomic mass is 35.5. The summed E-state index contributed by atoms with van der Waals surface area (Å²) < 4.78 is 0. The fourth-order valence-electron chi connectivity index (χ4n) is 1.16. The van der Waals surface area contributed by atoms with Crippen molar-refractivity contribution in [1.29, 1.82) is 5.26 Å². The molecule has 0 aliphatic heterocycles. The third kappa shape index (κ3) is 2.12. The van der Waals surface area contributed by atoms with E-state index in [4.69, 9.17) is 16.9 Å². The van der Waals surface area contributed by atoms with Crippen LogP contribution in [0.2, 0.25) is 5.02 Å². The highest BCUT2D eigenvalue weighted by molar-refractivity contribution is 6.30. The summed E-state index contributed by atoms with van der Waals surface area (Å²) in [6.07, 6.45) is 3.20. The predicted octanol–water partition coefficient (Wildman–Crippen LogP) is 2.67. The van der Waals surface area contributed by atoms with Crippen LogP contribution < -0.4 is 0 Å². The van der Waals surface area contributed by atoms with Crippen molar-refractivity contribution in [2.45, 2.75) is 0 Å². The normalized spacial score (nSPS) is 9.60. The van der Waals surface area contributed by atoms with Crippen LogP contribution >= 0.6 is 11.6 Å². The summed E-state index contributed by atoms with van der Waals surface area (Å²) in [5.41, 5.74) is 2.05.